The average Bonchev–Trinajstić information content (AvgIpc) is 2.81. The van der Waals surface area contributed by atoms with Gasteiger partial charge >= 0.3 is 0 Å². The molecule has 0 aromatic carbocycles. The van der Waals surface area contributed by atoms with E-state index in [1.165, 1.54) is 10.5 Å². The molecule has 1 aromatic heterocycles. The van der Waals surface area contributed by atoms with Crippen LogP contribution in [0.5, 0.6) is 0 Å². The van der Waals surface area contributed by atoms with Crippen LogP contribution < -0.4 is 10.2 Å². The molecule has 0 unspecified atom stereocenters. The van der Waals surface area contributed by atoms with E-state index >= 15 is 0 Å². The van der Waals surface area contributed by atoms with Crippen LogP contribution in [-0.4, -0.2) is 31.8 Å². The first-order valence-corrected chi connectivity index (χ1v) is 9.64. The third-order valence-corrected chi connectivity index (χ3v) is 7.21. The summed E-state index contributed by atoms with van der Waals surface area (Å²) in [6.07, 6.45) is 2.28. The number of fused-ring (bicyclic) bond motifs is 1. The van der Waals surface area contributed by atoms with Gasteiger partial charge in [0.15, 0.2) is 0 Å². The molecular formula is C17H22N2OS2. The molecule has 1 amide bonds. The van der Waals surface area contributed by atoms with Crippen LogP contribution in [-0.2, 0) is 4.79 Å². The average molecular weight is 335 g/mol. The Balaban J connectivity index is 1.88. The second-order valence-electron chi connectivity index (χ2n) is 6.09. The summed E-state index contributed by atoms with van der Waals surface area (Å²) in [5.74, 6) is 8.50. The summed E-state index contributed by atoms with van der Waals surface area (Å²) in [6.45, 7) is 6.30. The summed E-state index contributed by atoms with van der Waals surface area (Å²) in [6, 6.07) is 0. The van der Waals surface area contributed by atoms with Gasteiger partial charge in [0, 0.05) is 29.5 Å². The molecule has 0 saturated carbocycles. The van der Waals surface area contributed by atoms with E-state index in [9.17, 15) is 4.79 Å². The van der Waals surface area contributed by atoms with Crippen molar-refractivity contribution in [2.24, 2.45) is 11.8 Å². The molecule has 3 rings (SSSR count). The smallest absolute Gasteiger partial charge is 0.231 e. The Kier molecular flexibility index (Phi) is 4.82. The van der Waals surface area contributed by atoms with Gasteiger partial charge < -0.3 is 10.2 Å². The van der Waals surface area contributed by atoms with Gasteiger partial charge in [0.05, 0.1) is 4.88 Å². The van der Waals surface area contributed by atoms with Crippen molar-refractivity contribution in [3.05, 3.63) is 10.4 Å². The van der Waals surface area contributed by atoms with Gasteiger partial charge in [0.2, 0.25) is 5.91 Å². The second-order valence-corrected chi connectivity index (χ2v) is 8.12. The number of rotatable bonds is 0. The Morgan fingerprint density at radius 2 is 2.05 bits per heavy atom. The van der Waals surface area contributed by atoms with E-state index in [2.05, 4.69) is 24.1 Å². The van der Waals surface area contributed by atoms with Gasteiger partial charge in [-0.05, 0) is 38.4 Å². The SMILES string of the molecule is Cc1c(C#CC2CCNCC2)sc2c1SC[C@H](C)C(=O)N2C. The molecule has 2 aliphatic heterocycles. The molecule has 1 saturated heterocycles. The number of anilines is 1. The first-order chi connectivity index (χ1) is 10.6. The number of amides is 1. The van der Waals surface area contributed by atoms with Gasteiger partial charge in [-0.25, -0.2) is 0 Å². The maximum absolute atomic E-state index is 12.3. The van der Waals surface area contributed by atoms with Crippen molar-refractivity contribution in [2.45, 2.75) is 31.6 Å². The number of carbonyl (C=O) groups excluding carboxylic acids is 1. The standard InChI is InChI=1S/C17H22N2OS2/c1-11-10-21-15-12(2)14(22-17(15)19(3)16(11)20)5-4-13-6-8-18-9-7-13/h11,13,18H,6-10H2,1-3H3/t11-/m0/s1. The van der Waals surface area contributed by atoms with Crippen molar-refractivity contribution < 1.29 is 4.79 Å². The zero-order chi connectivity index (χ0) is 15.7. The summed E-state index contributed by atoms with van der Waals surface area (Å²) in [5.41, 5.74) is 1.25. The summed E-state index contributed by atoms with van der Waals surface area (Å²) < 4.78 is 0. The molecule has 1 atom stereocenters. The molecule has 3 nitrogen and oxygen atoms in total. The van der Waals surface area contributed by atoms with Gasteiger partial charge in [0.25, 0.3) is 0 Å². The minimum Gasteiger partial charge on any atom is -0.317 e. The highest BCUT2D eigenvalue weighted by Gasteiger charge is 2.29. The Morgan fingerprint density at radius 1 is 1.32 bits per heavy atom. The van der Waals surface area contributed by atoms with Crippen LogP contribution in [0, 0.1) is 30.6 Å². The van der Waals surface area contributed by atoms with E-state index < -0.39 is 0 Å². The van der Waals surface area contributed by atoms with Crippen LogP contribution >= 0.6 is 23.1 Å². The number of carbonyl (C=O) groups is 1. The number of nitrogens with one attached hydrogen (secondary N) is 1. The number of hydrogen-bond donors (Lipinski definition) is 1. The monoisotopic (exact) mass is 334 g/mol. The van der Waals surface area contributed by atoms with Crippen molar-refractivity contribution >= 4 is 34.0 Å². The lowest BCUT2D eigenvalue weighted by molar-refractivity contribution is -0.120. The van der Waals surface area contributed by atoms with E-state index in [0.717, 1.165) is 41.6 Å². The van der Waals surface area contributed by atoms with Crippen molar-refractivity contribution in [1.82, 2.24) is 5.32 Å². The topological polar surface area (TPSA) is 32.3 Å². The number of piperidine rings is 1. The zero-order valence-corrected chi connectivity index (χ0v) is 15.0. The minimum absolute atomic E-state index is 0.0817. The maximum atomic E-state index is 12.3. The van der Waals surface area contributed by atoms with E-state index in [0.29, 0.717) is 5.92 Å². The predicted molar refractivity (Wildman–Crippen MR) is 94.8 cm³/mol. The van der Waals surface area contributed by atoms with E-state index in [1.807, 2.05) is 18.9 Å². The van der Waals surface area contributed by atoms with Gasteiger partial charge in [0.1, 0.15) is 5.00 Å². The molecular weight excluding hydrogens is 312 g/mol. The van der Waals surface area contributed by atoms with E-state index in [-0.39, 0.29) is 11.8 Å². The molecule has 0 aliphatic carbocycles. The lowest BCUT2D eigenvalue weighted by Gasteiger charge is -2.17. The van der Waals surface area contributed by atoms with Gasteiger partial charge in [-0.2, -0.15) is 0 Å². The Bertz CT molecular complexity index is 635. The highest BCUT2D eigenvalue weighted by molar-refractivity contribution is 7.99. The van der Waals surface area contributed by atoms with Crippen LogP contribution in [0.3, 0.4) is 0 Å². The van der Waals surface area contributed by atoms with Crippen molar-refractivity contribution in [3.63, 3.8) is 0 Å². The Labute approximate surface area is 140 Å². The summed E-state index contributed by atoms with van der Waals surface area (Å²) in [5, 5.41) is 4.45. The number of nitrogens with zero attached hydrogens (tertiary/aromatic N) is 1. The largest absolute Gasteiger partial charge is 0.317 e. The normalized spacial score (nSPS) is 22.8. The minimum atomic E-state index is 0.0817. The first-order valence-electron chi connectivity index (χ1n) is 7.84. The summed E-state index contributed by atoms with van der Waals surface area (Å²) >= 11 is 3.48. The van der Waals surface area contributed by atoms with Crippen LogP contribution in [0.25, 0.3) is 0 Å². The summed E-state index contributed by atoms with van der Waals surface area (Å²) in [7, 11) is 1.89. The maximum Gasteiger partial charge on any atom is 0.231 e. The fraction of sp³-hybridized carbons (Fsp3) is 0.588. The fourth-order valence-electron chi connectivity index (χ4n) is 2.84. The van der Waals surface area contributed by atoms with Crippen molar-refractivity contribution in [1.29, 1.82) is 0 Å². The molecule has 22 heavy (non-hydrogen) atoms. The van der Waals surface area contributed by atoms with Crippen LogP contribution in [0.2, 0.25) is 0 Å². The highest BCUT2D eigenvalue weighted by Crippen LogP contribution is 2.44. The molecule has 5 heteroatoms. The van der Waals surface area contributed by atoms with Crippen LogP contribution in [0.15, 0.2) is 4.90 Å². The number of thioether (sulfide) groups is 1. The van der Waals surface area contributed by atoms with Gasteiger partial charge in [-0.3, -0.25) is 4.79 Å². The third-order valence-electron chi connectivity index (χ3n) is 4.34. The highest BCUT2D eigenvalue weighted by atomic mass is 32.2. The van der Waals surface area contributed by atoms with Crippen LogP contribution in [0.4, 0.5) is 5.00 Å². The molecule has 1 N–H and O–H groups in total. The number of thiophene rings is 1. The van der Waals surface area contributed by atoms with Gasteiger partial charge in [-0.15, -0.1) is 23.1 Å². The second kappa shape index (κ2) is 6.66. The number of hydrogen-bond acceptors (Lipinski definition) is 4. The Hall–Kier alpha value is -0.960. The molecule has 1 fully saturated rings. The van der Waals surface area contributed by atoms with Crippen molar-refractivity contribution in [2.75, 3.05) is 30.8 Å². The predicted octanol–water partition coefficient (Wildman–Crippen LogP) is 3.11. The summed E-state index contributed by atoms with van der Waals surface area (Å²) in [4.78, 5) is 16.5. The molecule has 118 valence electrons. The molecule has 3 heterocycles. The Morgan fingerprint density at radius 3 is 2.77 bits per heavy atom. The quantitative estimate of drug-likeness (QED) is 0.740. The molecule has 1 aromatic rings. The van der Waals surface area contributed by atoms with E-state index in [4.69, 9.17) is 0 Å². The van der Waals surface area contributed by atoms with Crippen molar-refractivity contribution in [3.8, 4) is 11.8 Å². The first kappa shape index (κ1) is 15.9. The fourth-order valence-corrected chi connectivity index (χ4v) is 5.37. The molecule has 2 aliphatic rings. The lowest BCUT2D eigenvalue weighted by atomic mass is 9.99. The van der Waals surface area contributed by atoms with E-state index in [1.54, 1.807) is 23.1 Å². The molecule has 0 radical (unpaired) electrons. The van der Waals surface area contributed by atoms with Gasteiger partial charge in [-0.1, -0.05) is 18.8 Å². The lowest BCUT2D eigenvalue weighted by Crippen LogP contribution is -2.30. The third kappa shape index (κ3) is 3.05. The zero-order valence-electron chi connectivity index (χ0n) is 13.4. The van der Waals surface area contributed by atoms with Crippen LogP contribution in [0.1, 0.15) is 30.2 Å². The molecule has 0 bridgehead atoms. The molecule has 0 spiro atoms.